The minimum absolute atomic E-state index is 0.274. The van der Waals surface area contributed by atoms with Crippen LogP contribution in [0.25, 0.3) is 22.0 Å². The third-order valence-corrected chi connectivity index (χ3v) is 6.67. The minimum Gasteiger partial charge on any atom is -0.375 e. The Hall–Kier alpha value is -3.63. The molecule has 1 atom stereocenters. The maximum atomic E-state index is 12.5. The van der Waals surface area contributed by atoms with Crippen molar-refractivity contribution in [2.45, 2.75) is 18.9 Å². The highest BCUT2D eigenvalue weighted by molar-refractivity contribution is 7.13. The van der Waals surface area contributed by atoms with Crippen molar-refractivity contribution in [1.29, 1.82) is 0 Å². The molecule has 3 aromatic heterocycles. The van der Waals surface area contributed by atoms with E-state index < -0.39 is 5.60 Å². The van der Waals surface area contributed by atoms with Gasteiger partial charge in [0.15, 0.2) is 5.60 Å². The number of hydrogen-bond donors (Lipinski definition) is 2. The highest BCUT2D eigenvalue weighted by atomic mass is 32.1. The van der Waals surface area contributed by atoms with E-state index in [1.807, 2.05) is 49.8 Å². The van der Waals surface area contributed by atoms with E-state index in [4.69, 9.17) is 4.98 Å². The van der Waals surface area contributed by atoms with Crippen molar-refractivity contribution in [1.82, 2.24) is 29.6 Å². The lowest BCUT2D eigenvalue weighted by atomic mass is 9.91. The van der Waals surface area contributed by atoms with Crippen LogP contribution < -0.4 is 5.32 Å². The number of nitrogens with zero attached hydrogens (tertiary/aromatic N) is 6. The molecule has 33 heavy (non-hydrogen) atoms. The monoisotopic (exact) mass is 461 g/mol. The third kappa shape index (κ3) is 3.87. The summed E-state index contributed by atoms with van der Waals surface area (Å²) in [6.45, 7) is 2.45. The molecule has 0 radical (unpaired) electrons. The van der Waals surface area contributed by atoms with Crippen LogP contribution in [0, 0.1) is 6.92 Å². The largest absolute Gasteiger partial charge is 0.375 e. The van der Waals surface area contributed by atoms with E-state index in [9.17, 15) is 9.90 Å². The Labute approximate surface area is 194 Å². The van der Waals surface area contributed by atoms with Crippen LogP contribution in [0.15, 0.2) is 48.1 Å². The lowest BCUT2D eigenvalue weighted by Crippen LogP contribution is -2.36. The van der Waals surface area contributed by atoms with Crippen LogP contribution in [0.5, 0.6) is 0 Å². The Morgan fingerprint density at radius 1 is 1.18 bits per heavy atom. The topological polar surface area (TPSA) is 109 Å². The second kappa shape index (κ2) is 8.05. The van der Waals surface area contributed by atoms with Gasteiger partial charge < -0.3 is 15.3 Å². The number of aromatic nitrogens is 5. The van der Waals surface area contributed by atoms with Crippen LogP contribution >= 0.6 is 11.3 Å². The fourth-order valence-electron chi connectivity index (χ4n) is 3.96. The summed E-state index contributed by atoms with van der Waals surface area (Å²) in [6, 6.07) is 9.22. The Morgan fingerprint density at radius 2 is 2.03 bits per heavy atom. The minimum atomic E-state index is -1.48. The summed E-state index contributed by atoms with van der Waals surface area (Å²) >= 11 is 1.48. The van der Waals surface area contributed by atoms with Gasteiger partial charge in [-0.2, -0.15) is 5.10 Å². The smallest absolute Gasteiger partial charge is 0.258 e. The van der Waals surface area contributed by atoms with Gasteiger partial charge in [-0.05, 0) is 24.6 Å². The molecule has 1 aliphatic heterocycles. The number of amides is 1. The first kappa shape index (κ1) is 21.2. The van der Waals surface area contributed by atoms with Crippen LogP contribution in [0.2, 0.25) is 0 Å². The highest BCUT2D eigenvalue weighted by Gasteiger charge is 2.45. The van der Waals surface area contributed by atoms with Crippen molar-refractivity contribution in [3.8, 4) is 22.0 Å². The van der Waals surface area contributed by atoms with Gasteiger partial charge in [0, 0.05) is 50.4 Å². The van der Waals surface area contributed by atoms with Crippen molar-refractivity contribution in [2.75, 3.05) is 18.9 Å². The van der Waals surface area contributed by atoms with Gasteiger partial charge in [-0.3, -0.25) is 9.48 Å². The normalized spacial score (nSPS) is 18.2. The van der Waals surface area contributed by atoms with Gasteiger partial charge >= 0.3 is 0 Å². The van der Waals surface area contributed by atoms with E-state index in [1.165, 1.54) is 11.3 Å². The molecule has 2 N–H and O–H groups in total. The van der Waals surface area contributed by atoms with Crippen molar-refractivity contribution in [3.05, 3.63) is 59.4 Å². The number of aryl methyl sites for hydroxylation is 2. The van der Waals surface area contributed by atoms with Crippen molar-refractivity contribution in [3.63, 3.8) is 0 Å². The van der Waals surface area contributed by atoms with E-state index in [0.717, 1.165) is 27.6 Å². The van der Waals surface area contributed by atoms with E-state index in [1.54, 1.807) is 28.9 Å². The van der Waals surface area contributed by atoms with Gasteiger partial charge in [0.2, 0.25) is 5.95 Å². The predicted octanol–water partition coefficient (Wildman–Crippen LogP) is 3.10. The molecule has 0 bridgehead atoms. The quantitative estimate of drug-likeness (QED) is 0.470. The lowest BCUT2D eigenvalue weighted by Gasteiger charge is -2.21. The van der Waals surface area contributed by atoms with Gasteiger partial charge in [-0.25, -0.2) is 15.0 Å². The summed E-state index contributed by atoms with van der Waals surface area (Å²) in [5, 5.41) is 21.2. The molecule has 1 saturated heterocycles. The summed E-state index contributed by atoms with van der Waals surface area (Å²) in [5.74, 6) is 0.190. The van der Waals surface area contributed by atoms with Gasteiger partial charge in [-0.15, -0.1) is 11.3 Å². The highest BCUT2D eigenvalue weighted by Crippen LogP contribution is 2.36. The first-order chi connectivity index (χ1) is 15.8. The summed E-state index contributed by atoms with van der Waals surface area (Å²) in [4.78, 5) is 27.7. The van der Waals surface area contributed by atoms with Crippen LogP contribution in [-0.4, -0.2) is 54.2 Å². The maximum Gasteiger partial charge on any atom is 0.258 e. The average Bonchev–Trinajstić information content (AvgIpc) is 3.50. The number of aliphatic hydroxyl groups is 1. The average molecular weight is 462 g/mol. The van der Waals surface area contributed by atoms with Crippen molar-refractivity contribution < 1.29 is 9.90 Å². The van der Waals surface area contributed by atoms with E-state index >= 15 is 0 Å². The first-order valence-corrected chi connectivity index (χ1v) is 11.4. The zero-order valence-corrected chi connectivity index (χ0v) is 19.3. The summed E-state index contributed by atoms with van der Waals surface area (Å²) < 4.78 is 1.73. The molecule has 0 saturated carbocycles. The van der Waals surface area contributed by atoms with Crippen LogP contribution in [0.3, 0.4) is 0 Å². The van der Waals surface area contributed by atoms with E-state index in [0.29, 0.717) is 30.2 Å². The zero-order valence-electron chi connectivity index (χ0n) is 18.5. The summed E-state index contributed by atoms with van der Waals surface area (Å²) in [7, 11) is 3.57. The second-order valence-corrected chi connectivity index (χ2v) is 9.01. The van der Waals surface area contributed by atoms with Crippen LogP contribution in [0.1, 0.15) is 17.7 Å². The number of benzene rings is 1. The molecule has 1 amide bonds. The fourth-order valence-corrected chi connectivity index (χ4v) is 4.77. The number of anilines is 2. The fraction of sp³-hybridized carbons (Fsp3) is 0.261. The molecule has 0 aliphatic carbocycles. The number of rotatable bonds is 5. The third-order valence-electron chi connectivity index (χ3n) is 5.78. The number of likely N-dealkylation sites (tertiary alicyclic amines) is 1. The molecule has 9 nitrogen and oxygen atoms in total. The molecular weight excluding hydrogens is 438 g/mol. The molecule has 0 unspecified atom stereocenters. The van der Waals surface area contributed by atoms with E-state index in [-0.39, 0.29) is 5.91 Å². The molecule has 4 aromatic rings. The predicted molar refractivity (Wildman–Crippen MR) is 126 cm³/mol. The van der Waals surface area contributed by atoms with Crippen LogP contribution in [0.4, 0.5) is 11.6 Å². The number of nitrogens with one attached hydrogen (secondary N) is 1. The molecule has 1 aliphatic rings. The Morgan fingerprint density at radius 3 is 2.76 bits per heavy atom. The number of thiazole rings is 1. The zero-order chi connectivity index (χ0) is 23.2. The lowest BCUT2D eigenvalue weighted by molar-refractivity contribution is -0.143. The van der Waals surface area contributed by atoms with Gasteiger partial charge in [0.1, 0.15) is 10.7 Å². The summed E-state index contributed by atoms with van der Waals surface area (Å²) in [6.07, 6.45) is 3.94. The standard InChI is InChI=1S/C23H23N7O2S/c1-14-18(12-30(3)28-14)27-22-24-9-7-17(26-22)19-13-33-20(25-19)15-5-4-6-16(11-15)23(32)8-10-29(2)21(23)31/h4-7,9,11-13,32H,8,10H2,1-3H3,(H,24,26,27)/t23-/m1/s1. The number of hydrogen-bond acceptors (Lipinski definition) is 8. The van der Waals surface area contributed by atoms with Crippen LogP contribution in [-0.2, 0) is 17.4 Å². The van der Waals surface area contributed by atoms with Gasteiger partial charge in [0.25, 0.3) is 5.91 Å². The Balaban J connectivity index is 1.41. The molecule has 168 valence electrons. The maximum absolute atomic E-state index is 12.5. The van der Waals surface area contributed by atoms with Gasteiger partial charge in [-0.1, -0.05) is 18.2 Å². The molecule has 0 spiro atoms. The molecule has 5 rings (SSSR count). The number of carbonyl (C=O) groups is 1. The second-order valence-electron chi connectivity index (χ2n) is 8.15. The first-order valence-electron chi connectivity index (χ1n) is 10.5. The van der Waals surface area contributed by atoms with Crippen molar-refractivity contribution in [2.24, 2.45) is 7.05 Å². The number of carbonyl (C=O) groups excluding carboxylic acids is 1. The van der Waals surface area contributed by atoms with Crippen molar-refractivity contribution >= 4 is 28.9 Å². The molecule has 1 aromatic carbocycles. The molecule has 10 heteroatoms. The molecule has 1 fully saturated rings. The summed E-state index contributed by atoms with van der Waals surface area (Å²) in [5.41, 5.74) is 3.07. The molecule has 4 heterocycles. The molecular formula is C23H23N7O2S. The number of likely N-dealkylation sites (N-methyl/N-ethyl adjacent to an activating group) is 1. The Kier molecular flexibility index (Phi) is 5.18. The SMILES string of the molecule is Cc1nn(C)cc1Nc1nccc(-c2csc(-c3cccc([C@]4(O)CCN(C)C4=O)c3)n2)n1. The van der Waals surface area contributed by atoms with Gasteiger partial charge in [0.05, 0.1) is 17.1 Å². The Bertz CT molecular complexity index is 1350. The van der Waals surface area contributed by atoms with E-state index in [2.05, 4.69) is 20.4 Å².